The fourth-order valence-electron chi connectivity index (χ4n) is 4.52. The third kappa shape index (κ3) is 4.34. The molecule has 3 aromatic rings. The van der Waals surface area contributed by atoms with Gasteiger partial charge < -0.3 is 10.6 Å². The fraction of sp³-hybridized carbons (Fsp3) is 0.280. The topological polar surface area (TPSA) is 95.1 Å². The summed E-state index contributed by atoms with van der Waals surface area (Å²) >= 11 is 0. The van der Waals surface area contributed by atoms with Crippen LogP contribution in [0.5, 0.6) is 0 Å². The summed E-state index contributed by atoms with van der Waals surface area (Å²) in [6.45, 7) is 3.34. The van der Waals surface area contributed by atoms with Gasteiger partial charge in [-0.3, -0.25) is 24.5 Å². The monoisotopic (exact) mass is 460 g/mol. The van der Waals surface area contributed by atoms with Crippen molar-refractivity contribution >= 4 is 34.1 Å². The number of hydrogen-bond acceptors (Lipinski definition) is 6. The number of piperazine rings is 1. The van der Waals surface area contributed by atoms with Crippen molar-refractivity contribution in [3.63, 3.8) is 0 Å². The standard InChI is InChI=1S/C25H25FN6O2/c26-19-6-8-20(9-7-19)32-22(24(27)33)15-21(29-32)25(34)31-13-11-30(12-14-31)16-18-4-1-3-17-5-2-10-28-23(17)18/h1-10,22H,11-16H2,(H2,27,33). The number of hydrazone groups is 1. The van der Waals surface area contributed by atoms with Gasteiger partial charge in [-0.1, -0.05) is 24.3 Å². The lowest BCUT2D eigenvalue weighted by Gasteiger charge is -2.34. The Bertz CT molecular complexity index is 1250. The second-order valence-electron chi connectivity index (χ2n) is 8.55. The highest BCUT2D eigenvalue weighted by molar-refractivity contribution is 6.40. The minimum atomic E-state index is -0.774. The van der Waals surface area contributed by atoms with E-state index in [9.17, 15) is 14.0 Å². The summed E-state index contributed by atoms with van der Waals surface area (Å²) < 4.78 is 13.3. The van der Waals surface area contributed by atoms with Gasteiger partial charge in [0.2, 0.25) is 5.91 Å². The second kappa shape index (κ2) is 9.18. The molecule has 174 valence electrons. The van der Waals surface area contributed by atoms with E-state index in [0.29, 0.717) is 24.5 Å². The van der Waals surface area contributed by atoms with Gasteiger partial charge >= 0.3 is 0 Å². The van der Waals surface area contributed by atoms with Crippen molar-refractivity contribution in [3.8, 4) is 0 Å². The van der Waals surface area contributed by atoms with E-state index >= 15 is 0 Å². The number of carbonyl (C=O) groups excluding carboxylic acids is 2. The highest BCUT2D eigenvalue weighted by Gasteiger charge is 2.37. The molecule has 0 aliphatic carbocycles. The fourth-order valence-corrected chi connectivity index (χ4v) is 4.52. The molecule has 1 atom stereocenters. The van der Waals surface area contributed by atoms with E-state index < -0.39 is 17.8 Å². The van der Waals surface area contributed by atoms with Crippen LogP contribution in [0.1, 0.15) is 12.0 Å². The van der Waals surface area contributed by atoms with Crippen LogP contribution >= 0.6 is 0 Å². The van der Waals surface area contributed by atoms with Gasteiger partial charge in [-0.2, -0.15) is 5.10 Å². The van der Waals surface area contributed by atoms with Crippen LogP contribution in [0.25, 0.3) is 10.9 Å². The van der Waals surface area contributed by atoms with Gasteiger partial charge in [0.15, 0.2) is 0 Å². The summed E-state index contributed by atoms with van der Waals surface area (Å²) in [6.07, 6.45) is 1.94. The molecule has 2 aliphatic heterocycles. The average molecular weight is 461 g/mol. The Hall–Kier alpha value is -3.85. The van der Waals surface area contributed by atoms with E-state index in [-0.39, 0.29) is 12.3 Å². The van der Waals surface area contributed by atoms with Crippen LogP contribution in [0.4, 0.5) is 10.1 Å². The number of hydrogen-bond donors (Lipinski definition) is 1. The molecule has 0 radical (unpaired) electrons. The Labute approximate surface area is 196 Å². The van der Waals surface area contributed by atoms with Crippen molar-refractivity contribution < 1.29 is 14.0 Å². The zero-order valence-corrected chi connectivity index (χ0v) is 18.6. The molecule has 8 nitrogen and oxygen atoms in total. The maximum atomic E-state index is 13.3. The Morgan fingerprint density at radius 3 is 2.47 bits per heavy atom. The lowest BCUT2D eigenvalue weighted by Crippen LogP contribution is -2.50. The number of nitrogens with two attached hydrogens (primary N) is 1. The Morgan fingerprint density at radius 2 is 1.74 bits per heavy atom. The summed E-state index contributed by atoms with van der Waals surface area (Å²) in [4.78, 5) is 33.8. The lowest BCUT2D eigenvalue weighted by molar-refractivity contribution is -0.125. The minimum Gasteiger partial charge on any atom is -0.368 e. The van der Waals surface area contributed by atoms with Gasteiger partial charge in [0.25, 0.3) is 5.91 Å². The summed E-state index contributed by atoms with van der Waals surface area (Å²) in [5.41, 5.74) is 8.54. The molecular weight excluding hydrogens is 435 g/mol. The number of pyridine rings is 1. The molecule has 1 fully saturated rings. The summed E-state index contributed by atoms with van der Waals surface area (Å²) in [7, 11) is 0. The average Bonchev–Trinajstić information content (AvgIpc) is 3.31. The van der Waals surface area contributed by atoms with Gasteiger partial charge in [-0.15, -0.1) is 0 Å². The molecule has 0 spiro atoms. The van der Waals surface area contributed by atoms with E-state index in [1.165, 1.54) is 29.3 Å². The third-order valence-corrected chi connectivity index (χ3v) is 6.35. The SMILES string of the molecule is NC(=O)C1CC(C(=O)N2CCN(Cc3cccc4cccnc34)CC2)=NN1c1ccc(F)cc1. The first-order chi connectivity index (χ1) is 16.5. The number of para-hydroxylation sites is 1. The normalized spacial score (nSPS) is 18.9. The predicted octanol–water partition coefficient (Wildman–Crippen LogP) is 2.14. The van der Waals surface area contributed by atoms with Crippen molar-refractivity contribution in [1.29, 1.82) is 0 Å². The first-order valence-corrected chi connectivity index (χ1v) is 11.3. The summed E-state index contributed by atoms with van der Waals surface area (Å²) in [6, 6.07) is 15.0. The quantitative estimate of drug-likeness (QED) is 0.630. The molecule has 2 aromatic carbocycles. The van der Waals surface area contributed by atoms with E-state index in [1.807, 2.05) is 12.1 Å². The number of halogens is 1. The molecule has 1 unspecified atom stereocenters. The first kappa shape index (κ1) is 22.0. The van der Waals surface area contributed by atoms with E-state index in [4.69, 9.17) is 5.73 Å². The molecular formula is C25H25FN6O2. The molecule has 1 saturated heterocycles. The molecule has 5 rings (SSSR count). The number of benzene rings is 2. The van der Waals surface area contributed by atoms with Crippen LogP contribution < -0.4 is 10.7 Å². The van der Waals surface area contributed by atoms with Crippen molar-refractivity contribution in [2.75, 3.05) is 31.2 Å². The number of carbonyl (C=O) groups is 2. The molecule has 34 heavy (non-hydrogen) atoms. The predicted molar refractivity (Wildman–Crippen MR) is 128 cm³/mol. The lowest BCUT2D eigenvalue weighted by atomic mass is 10.1. The Balaban J connectivity index is 1.25. The molecule has 0 bridgehead atoms. The molecule has 2 amide bonds. The van der Waals surface area contributed by atoms with Crippen LogP contribution in [0.2, 0.25) is 0 Å². The molecule has 2 N–H and O–H groups in total. The van der Waals surface area contributed by atoms with Crippen LogP contribution in [-0.2, 0) is 16.1 Å². The number of aromatic nitrogens is 1. The van der Waals surface area contributed by atoms with Crippen LogP contribution in [-0.4, -0.2) is 64.5 Å². The van der Waals surface area contributed by atoms with Gasteiger partial charge in [-0.25, -0.2) is 4.39 Å². The number of primary amides is 1. The van der Waals surface area contributed by atoms with Crippen LogP contribution in [0.15, 0.2) is 65.9 Å². The van der Waals surface area contributed by atoms with Gasteiger partial charge in [0.05, 0.1) is 11.2 Å². The summed E-state index contributed by atoms with van der Waals surface area (Å²) in [5, 5.41) is 6.93. The molecule has 0 saturated carbocycles. The van der Waals surface area contributed by atoms with Crippen molar-refractivity contribution in [3.05, 3.63) is 72.2 Å². The number of nitrogens with zero attached hydrogens (tertiary/aromatic N) is 5. The van der Waals surface area contributed by atoms with E-state index in [1.54, 1.807) is 11.1 Å². The zero-order chi connectivity index (χ0) is 23.7. The largest absolute Gasteiger partial charge is 0.368 e. The van der Waals surface area contributed by atoms with Gasteiger partial charge in [0.1, 0.15) is 17.6 Å². The highest BCUT2D eigenvalue weighted by atomic mass is 19.1. The third-order valence-electron chi connectivity index (χ3n) is 6.35. The van der Waals surface area contributed by atoms with Gasteiger partial charge in [-0.05, 0) is 35.9 Å². The summed E-state index contributed by atoms with van der Waals surface area (Å²) in [5.74, 6) is -1.16. The van der Waals surface area contributed by atoms with Crippen LogP contribution in [0.3, 0.4) is 0 Å². The van der Waals surface area contributed by atoms with Crippen molar-refractivity contribution in [2.24, 2.45) is 10.8 Å². The highest BCUT2D eigenvalue weighted by Crippen LogP contribution is 2.26. The second-order valence-corrected chi connectivity index (χ2v) is 8.55. The Kier molecular flexibility index (Phi) is 5.93. The maximum absolute atomic E-state index is 13.3. The number of anilines is 1. The van der Waals surface area contributed by atoms with E-state index in [0.717, 1.165) is 36.1 Å². The number of fused-ring (bicyclic) bond motifs is 1. The molecule has 3 heterocycles. The van der Waals surface area contributed by atoms with E-state index in [2.05, 4.69) is 33.2 Å². The number of amides is 2. The Morgan fingerprint density at radius 1 is 1.00 bits per heavy atom. The van der Waals surface area contributed by atoms with Crippen molar-refractivity contribution in [2.45, 2.75) is 19.0 Å². The smallest absolute Gasteiger partial charge is 0.270 e. The first-order valence-electron chi connectivity index (χ1n) is 11.3. The van der Waals surface area contributed by atoms with Crippen molar-refractivity contribution in [1.82, 2.24) is 14.8 Å². The zero-order valence-electron chi connectivity index (χ0n) is 18.6. The molecule has 1 aromatic heterocycles. The van der Waals surface area contributed by atoms with Gasteiger partial charge in [0, 0.05) is 50.7 Å². The maximum Gasteiger partial charge on any atom is 0.270 e. The number of rotatable bonds is 5. The minimum absolute atomic E-state index is 0.132. The molecule has 9 heteroatoms. The molecule has 2 aliphatic rings. The van der Waals surface area contributed by atoms with Crippen LogP contribution in [0, 0.1) is 5.82 Å².